The van der Waals surface area contributed by atoms with Gasteiger partial charge in [-0.2, -0.15) is 5.10 Å². The molecule has 3 aromatic rings. The highest BCUT2D eigenvalue weighted by Crippen LogP contribution is 2.08. The van der Waals surface area contributed by atoms with Gasteiger partial charge in [-0.25, -0.2) is 4.68 Å². The molecule has 0 saturated carbocycles. The van der Waals surface area contributed by atoms with E-state index in [0.29, 0.717) is 25.1 Å². The fourth-order valence-corrected chi connectivity index (χ4v) is 2.77. The zero-order valence-electron chi connectivity index (χ0n) is 14.7. The molecule has 26 heavy (non-hydrogen) atoms. The van der Waals surface area contributed by atoms with Gasteiger partial charge in [0.05, 0.1) is 18.2 Å². The molecule has 6 nitrogen and oxygen atoms in total. The number of hydrogen-bond donors (Lipinski definition) is 0. The first kappa shape index (κ1) is 17.8. The van der Waals surface area contributed by atoms with E-state index in [-0.39, 0.29) is 18.0 Å². The molecular formula is C20H21N3O3. The fourth-order valence-electron chi connectivity index (χ4n) is 2.77. The summed E-state index contributed by atoms with van der Waals surface area (Å²) in [6.45, 7) is 1.25. The highest BCUT2D eigenvalue weighted by atomic mass is 16.5. The van der Waals surface area contributed by atoms with Crippen LogP contribution in [0.25, 0.3) is 10.8 Å². The zero-order valence-corrected chi connectivity index (χ0v) is 14.7. The predicted molar refractivity (Wildman–Crippen MR) is 99.7 cm³/mol. The molecule has 3 rings (SSSR count). The summed E-state index contributed by atoms with van der Waals surface area (Å²) in [7, 11) is 1.60. The Bertz CT molecular complexity index is 938. The van der Waals surface area contributed by atoms with E-state index in [1.807, 2.05) is 42.5 Å². The summed E-state index contributed by atoms with van der Waals surface area (Å²) >= 11 is 0. The number of hydrogen-bond acceptors (Lipinski definition) is 4. The van der Waals surface area contributed by atoms with Crippen molar-refractivity contribution >= 4 is 16.7 Å². The van der Waals surface area contributed by atoms with E-state index in [1.165, 1.54) is 4.68 Å². The van der Waals surface area contributed by atoms with Gasteiger partial charge >= 0.3 is 0 Å². The first-order valence-electron chi connectivity index (χ1n) is 8.44. The van der Waals surface area contributed by atoms with Crippen LogP contribution < -0.4 is 5.56 Å². The molecule has 0 aliphatic heterocycles. The minimum Gasteiger partial charge on any atom is -0.383 e. The Morgan fingerprint density at radius 1 is 1.12 bits per heavy atom. The van der Waals surface area contributed by atoms with Crippen LogP contribution in [0.3, 0.4) is 0 Å². The van der Waals surface area contributed by atoms with Crippen LogP contribution in [0, 0.1) is 0 Å². The minimum absolute atomic E-state index is 0.0970. The van der Waals surface area contributed by atoms with E-state index in [2.05, 4.69) is 5.10 Å². The molecule has 0 saturated heterocycles. The maximum atomic E-state index is 12.8. The van der Waals surface area contributed by atoms with Crippen molar-refractivity contribution in [2.45, 2.75) is 13.1 Å². The van der Waals surface area contributed by atoms with E-state index in [9.17, 15) is 9.59 Å². The van der Waals surface area contributed by atoms with E-state index in [4.69, 9.17) is 4.74 Å². The van der Waals surface area contributed by atoms with Gasteiger partial charge in [-0.1, -0.05) is 48.5 Å². The van der Waals surface area contributed by atoms with E-state index in [1.54, 1.807) is 30.3 Å². The van der Waals surface area contributed by atoms with Gasteiger partial charge in [-0.15, -0.1) is 0 Å². The molecule has 0 N–H and O–H groups in total. The van der Waals surface area contributed by atoms with Crippen molar-refractivity contribution in [3.63, 3.8) is 0 Å². The summed E-state index contributed by atoms with van der Waals surface area (Å²) in [5.74, 6) is -0.171. The van der Waals surface area contributed by atoms with Crippen molar-refractivity contribution in [1.82, 2.24) is 14.7 Å². The van der Waals surface area contributed by atoms with Crippen LogP contribution in [0.15, 0.2) is 65.6 Å². The average molecular weight is 351 g/mol. The summed E-state index contributed by atoms with van der Waals surface area (Å²) in [6.07, 6.45) is 1.61. The number of carbonyl (C=O) groups excluding carboxylic acids is 1. The molecule has 1 amide bonds. The van der Waals surface area contributed by atoms with Crippen molar-refractivity contribution in [1.29, 1.82) is 0 Å². The van der Waals surface area contributed by atoms with Crippen LogP contribution >= 0.6 is 0 Å². The predicted octanol–water partition coefficient (Wildman–Crippen LogP) is 2.07. The number of carbonyl (C=O) groups is 1. The molecule has 0 aliphatic rings. The second kappa shape index (κ2) is 8.40. The van der Waals surface area contributed by atoms with E-state index in [0.717, 1.165) is 10.9 Å². The lowest BCUT2D eigenvalue weighted by atomic mass is 10.2. The van der Waals surface area contributed by atoms with Crippen LogP contribution in [-0.2, 0) is 22.6 Å². The molecule has 1 heterocycles. The lowest BCUT2D eigenvalue weighted by Crippen LogP contribution is -2.38. The Hall–Kier alpha value is -2.99. The summed E-state index contributed by atoms with van der Waals surface area (Å²) in [4.78, 5) is 27.0. The molecule has 0 aliphatic carbocycles. The molecule has 0 radical (unpaired) electrons. The molecule has 6 heteroatoms. The number of nitrogens with zero attached hydrogens (tertiary/aromatic N) is 3. The number of amides is 1. The third kappa shape index (κ3) is 4.15. The smallest absolute Gasteiger partial charge is 0.275 e. The van der Waals surface area contributed by atoms with E-state index < -0.39 is 0 Å². The number of rotatable bonds is 7. The third-order valence-electron chi connectivity index (χ3n) is 4.18. The van der Waals surface area contributed by atoms with Crippen molar-refractivity contribution in [2.75, 3.05) is 20.3 Å². The zero-order chi connectivity index (χ0) is 18.4. The van der Waals surface area contributed by atoms with Gasteiger partial charge < -0.3 is 9.64 Å². The maximum Gasteiger partial charge on any atom is 0.275 e. The fraction of sp³-hybridized carbons (Fsp3) is 0.250. The highest BCUT2D eigenvalue weighted by Gasteiger charge is 2.16. The quantitative estimate of drug-likeness (QED) is 0.654. The molecule has 0 bridgehead atoms. The first-order chi connectivity index (χ1) is 12.7. The van der Waals surface area contributed by atoms with Crippen molar-refractivity contribution in [3.05, 3.63) is 76.7 Å². The Balaban J connectivity index is 1.81. The maximum absolute atomic E-state index is 12.8. The van der Waals surface area contributed by atoms with Gasteiger partial charge in [0.15, 0.2) is 0 Å². The van der Waals surface area contributed by atoms with Crippen LogP contribution in [-0.4, -0.2) is 40.8 Å². The molecule has 2 aromatic carbocycles. The standard InChI is InChI=1S/C20H21N3O3/c1-26-12-11-22(14-16-7-3-2-4-8-16)19(24)15-23-20(25)18-10-6-5-9-17(18)13-21-23/h2-10,13H,11-12,14-15H2,1H3. The molecule has 134 valence electrons. The summed E-state index contributed by atoms with van der Waals surface area (Å²) in [5.41, 5.74) is 0.763. The first-order valence-corrected chi connectivity index (χ1v) is 8.44. The number of benzene rings is 2. The molecule has 0 spiro atoms. The van der Waals surface area contributed by atoms with Crippen molar-refractivity contribution in [3.8, 4) is 0 Å². The average Bonchev–Trinajstić information content (AvgIpc) is 2.68. The number of methoxy groups -OCH3 is 1. The number of ether oxygens (including phenoxy) is 1. The van der Waals surface area contributed by atoms with Gasteiger partial charge in [-0.05, 0) is 11.6 Å². The lowest BCUT2D eigenvalue weighted by Gasteiger charge is -2.22. The molecule has 0 unspecified atom stereocenters. The molecule has 0 fully saturated rings. The van der Waals surface area contributed by atoms with Crippen molar-refractivity contribution in [2.24, 2.45) is 0 Å². The molecule has 0 atom stereocenters. The summed E-state index contributed by atoms with van der Waals surface area (Å²) < 4.78 is 6.33. The van der Waals surface area contributed by atoms with Crippen molar-refractivity contribution < 1.29 is 9.53 Å². The minimum atomic E-state index is -0.261. The molecular weight excluding hydrogens is 330 g/mol. The van der Waals surface area contributed by atoms with Gasteiger partial charge in [-0.3, -0.25) is 9.59 Å². The Morgan fingerprint density at radius 3 is 2.62 bits per heavy atom. The van der Waals surface area contributed by atoms with Gasteiger partial charge in [0, 0.05) is 25.6 Å². The summed E-state index contributed by atoms with van der Waals surface area (Å²) in [6, 6.07) is 17.0. The van der Waals surface area contributed by atoms with Crippen LogP contribution in [0.5, 0.6) is 0 Å². The second-order valence-electron chi connectivity index (χ2n) is 5.99. The topological polar surface area (TPSA) is 64.4 Å². The van der Waals surface area contributed by atoms with Crippen LogP contribution in [0.2, 0.25) is 0 Å². The Labute approximate surface area is 151 Å². The van der Waals surface area contributed by atoms with Gasteiger partial charge in [0.2, 0.25) is 5.91 Å². The number of fused-ring (bicyclic) bond motifs is 1. The largest absolute Gasteiger partial charge is 0.383 e. The number of aromatic nitrogens is 2. The Kier molecular flexibility index (Phi) is 5.76. The Morgan fingerprint density at radius 2 is 1.85 bits per heavy atom. The molecule has 1 aromatic heterocycles. The second-order valence-corrected chi connectivity index (χ2v) is 5.99. The van der Waals surface area contributed by atoms with E-state index >= 15 is 0 Å². The summed E-state index contributed by atoms with van der Waals surface area (Å²) in [5, 5.41) is 5.46. The third-order valence-corrected chi connectivity index (χ3v) is 4.18. The van der Waals surface area contributed by atoms with Gasteiger partial charge in [0.1, 0.15) is 6.54 Å². The highest BCUT2D eigenvalue weighted by molar-refractivity contribution is 5.81. The van der Waals surface area contributed by atoms with Crippen LogP contribution in [0.1, 0.15) is 5.56 Å². The monoisotopic (exact) mass is 351 g/mol. The lowest BCUT2D eigenvalue weighted by molar-refractivity contribution is -0.133. The van der Waals surface area contributed by atoms with Gasteiger partial charge in [0.25, 0.3) is 5.56 Å². The normalized spacial score (nSPS) is 10.8. The SMILES string of the molecule is COCCN(Cc1ccccc1)C(=O)Cn1ncc2ccccc2c1=O. The van der Waals surface area contributed by atoms with Crippen LogP contribution in [0.4, 0.5) is 0 Å².